The van der Waals surface area contributed by atoms with Gasteiger partial charge >= 0.3 is 17.7 Å². The first-order valence-electron chi connectivity index (χ1n) is 11.2. The van der Waals surface area contributed by atoms with E-state index in [4.69, 9.17) is 9.47 Å². The van der Waals surface area contributed by atoms with Crippen molar-refractivity contribution >= 4 is 29.4 Å². The molecular weight excluding hydrogens is 490 g/mol. The fourth-order valence-electron chi connectivity index (χ4n) is 4.57. The van der Waals surface area contributed by atoms with Crippen LogP contribution in [-0.4, -0.2) is 66.8 Å². The number of rotatable bonds is 8. The second kappa shape index (κ2) is 9.95. The summed E-state index contributed by atoms with van der Waals surface area (Å²) < 4.78 is 10.3. The molecule has 2 aliphatic heterocycles. The van der Waals surface area contributed by atoms with Crippen LogP contribution in [0.3, 0.4) is 0 Å². The van der Waals surface area contributed by atoms with Gasteiger partial charge in [-0.3, -0.25) is 29.8 Å². The lowest BCUT2D eigenvalue weighted by molar-refractivity contribution is -0.384. The van der Waals surface area contributed by atoms with Gasteiger partial charge in [-0.15, -0.1) is 5.06 Å². The van der Waals surface area contributed by atoms with Crippen LogP contribution in [0.15, 0.2) is 54.6 Å². The normalized spacial score (nSPS) is 23.1. The van der Waals surface area contributed by atoms with Gasteiger partial charge in [0, 0.05) is 18.6 Å². The molecule has 2 amide bonds. The van der Waals surface area contributed by atoms with E-state index < -0.39 is 65.4 Å². The van der Waals surface area contributed by atoms with Crippen molar-refractivity contribution in [1.29, 1.82) is 0 Å². The van der Waals surface area contributed by atoms with Crippen molar-refractivity contribution in [1.82, 2.24) is 9.96 Å². The number of hydroxylamine groups is 2. The summed E-state index contributed by atoms with van der Waals surface area (Å²) in [6, 6.07) is 12.5. The summed E-state index contributed by atoms with van der Waals surface area (Å²) in [5, 5.41) is 31.4. The van der Waals surface area contributed by atoms with E-state index in [1.54, 1.807) is 30.3 Å². The van der Waals surface area contributed by atoms with E-state index in [1.807, 2.05) is 0 Å². The maximum atomic E-state index is 13.3. The zero-order valence-electron chi connectivity index (χ0n) is 19.6. The first kappa shape index (κ1) is 25.7. The third kappa shape index (κ3) is 4.38. The van der Waals surface area contributed by atoms with Gasteiger partial charge in [-0.25, -0.2) is 9.59 Å². The van der Waals surface area contributed by atoms with Gasteiger partial charge in [-0.2, -0.15) is 0 Å². The van der Waals surface area contributed by atoms with Crippen LogP contribution < -0.4 is 0 Å². The van der Waals surface area contributed by atoms with Gasteiger partial charge in [0.2, 0.25) is 5.91 Å². The molecule has 13 heteroatoms. The summed E-state index contributed by atoms with van der Waals surface area (Å²) in [7, 11) is 0. The number of carbonyl (C=O) groups excluding carboxylic acids is 4. The minimum Gasteiger partial charge on any atom is -0.457 e. The first-order valence-corrected chi connectivity index (χ1v) is 11.2. The molecule has 0 unspecified atom stereocenters. The molecule has 2 fully saturated rings. The Morgan fingerprint density at radius 2 is 1.70 bits per heavy atom. The molecule has 0 aromatic heterocycles. The van der Waals surface area contributed by atoms with E-state index >= 15 is 0 Å². The number of non-ortho nitro benzene ring substituents is 1. The minimum absolute atomic E-state index is 0.196. The number of aliphatic hydroxyl groups excluding tert-OH is 1. The van der Waals surface area contributed by atoms with E-state index in [-0.39, 0.29) is 17.4 Å². The lowest BCUT2D eigenvalue weighted by atomic mass is 9.83. The van der Waals surface area contributed by atoms with E-state index in [0.29, 0.717) is 11.1 Å². The van der Waals surface area contributed by atoms with Gasteiger partial charge in [-0.1, -0.05) is 30.3 Å². The Balaban J connectivity index is 1.59. The predicted octanol–water partition coefficient (Wildman–Crippen LogP) is 1.54. The van der Waals surface area contributed by atoms with Crippen LogP contribution in [0.4, 0.5) is 10.5 Å². The molecule has 194 valence electrons. The number of ether oxygens (including phenoxy) is 2. The van der Waals surface area contributed by atoms with Gasteiger partial charge in [0.25, 0.3) is 5.69 Å². The van der Waals surface area contributed by atoms with E-state index in [2.05, 4.69) is 0 Å². The topological polar surface area (TPSA) is 177 Å². The summed E-state index contributed by atoms with van der Waals surface area (Å²) in [6.45, 7) is 0.569. The zero-order valence-corrected chi connectivity index (χ0v) is 19.6. The molecule has 2 aliphatic rings. The summed E-state index contributed by atoms with van der Waals surface area (Å²) in [5.74, 6) is -4.26. The lowest BCUT2D eigenvalue weighted by Gasteiger charge is -2.50. The number of nitro groups is 1. The third-order valence-electron chi connectivity index (χ3n) is 6.41. The Labute approximate surface area is 209 Å². The summed E-state index contributed by atoms with van der Waals surface area (Å²) in [6.07, 6.45) is -3.04. The number of Topliss-reactive ketones (excluding diaryl/α,β-unsaturated/α-hetero) is 1. The van der Waals surface area contributed by atoms with Crippen LogP contribution in [0, 0.1) is 16.0 Å². The van der Waals surface area contributed by atoms with Gasteiger partial charge in [0.05, 0.1) is 23.0 Å². The number of benzene rings is 2. The van der Waals surface area contributed by atoms with E-state index in [0.717, 1.165) is 4.90 Å². The number of esters is 1. The molecule has 2 saturated heterocycles. The number of amides is 2. The highest BCUT2D eigenvalue weighted by atomic mass is 16.6. The summed E-state index contributed by atoms with van der Waals surface area (Å²) in [4.78, 5) is 63.2. The van der Waals surface area contributed by atoms with Crippen LogP contribution in [0.2, 0.25) is 0 Å². The number of fused-ring (bicyclic) bond motifs is 1. The van der Waals surface area contributed by atoms with Crippen LogP contribution in [0.5, 0.6) is 0 Å². The fourth-order valence-corrected chi connectivity index (χ4v) is 4.57. The van der Waals surface area contributed by atoms with Crippen molar-refractivity contribution in [3.8, 4) is 0 Å². The van der Waals surface area contributed by atoms with Gasteiger partial charge < -0.3 is 14.6 Å². The minimum atomic E-state index is -2.86. The van der Waals surface area contributed by atoms with Crippen molar-refractivity contribution in [2.75, 3.05) is 0 Å². The average Bonchev–Trinajstić information content (AvgIpc) is 3.14. The molecule has 0 saturated carbocycles. The monoisotopic (exact) mass is 513 g/mol. The number of hydrogen-bond acceptors (Lipinski definition) is 10. The van der Waals surface area contributed by atoms with Crippen LogP contribution in [0.1, 0.15) is 24.5 Å². The average molecular weight is 513 g/mol. The number of nitro benzene ring substituents is 1. The van der Waals surface area contributed by atoms with Gasteiger partial charge in [0.15, 0.2) is 5.78 Å². The molecule has 0 spiro atoms. The molecule has 2 aromatic carbocycles. The largest absolute Gasteiger partial charge is 0.457 e. The molecule has 2 aromatic rings. The molecule has 0 aliphatic carbocycles. The molecule has 2 heterocycles. The molecule has 0 bridgehead atoms. The Hall–Kier alpha value is -4.36. The fraction of sp³-hybridized carbons (Fsp3) is 0.333. The van der Waals surface area contributed by atoms with Crippen molar-refractivity contribution < 1.29 is 43.9 Å². The zero-order chi connectivity index (χ0) is 26.9. The highest BCUT2D eigenvalue weighted by Crippen LogP contribution is 2.47. The van der Waals surface area contributed by atoms with Crippen LogP contribution in [0.25, 0.3) is 0 Å². The molecule has 13 nitrogen and oxygen atoms in total. The van der Waals surface area contributed by atoms with Crippen molar-refractivity contribution in [3.05, 3.63) is 75.8 Å². The van der Waals surface area contributed by atoms with Crippen molar-refractivity contribution in [2.45, 2.75) is 44.4 Å². The maximum Gasteiger partial charge on any atom is 0.437 e. The highest BCUT2D eigenvalue weighted by Gasteiger charge is 2.74. The number of nitrogens with zero attached hydrogens (tertiary/aromatic N) is 3. The maximum absolute atomic E-state index is 13.3. The van der Waals surface area contributed by atoms with Crippen LogP contribution in [-0.2, 0) is 37.1 Å². The second-order valence-corrected chi connectivity index (χ2v) is 8.69. The number of aliphatic hydroxyl groups is 1. The van der Waals surface area contributed by atoms with Crippen LogP contribution >= 0.6 is 0 Å². The van der Waals surface area contributed by atoms with Gasteiger partial charge in [-0.05, 0) is 30.2 Å². The molecule has 4 atom stereocenters. The van der Waals surface area contributed by atoms with Gasteiger partial charge in [0.1, 0.15) is 13.2 Å². The molecule has 37 heavy (non-hydrogen) atoms. The smallest absolute Gasteiger partial charge is 0.437 e. The Morgan fingerprint density at radius 1 is 1.11 bits per heavy atom. The predicted molar refractivity (Wildman–Crippen MR) is 121 cm³/mol. The summed E-state index contributed by atoms with van der Waals surface area (Å²) >= 11 is 0. The standard InChI is InChI=1S/C24H23N3O10/c1-14(28)20-18-11-19(29)24(25(18)21(20)30,26(33)23(32)37-13-15-5-3-2-4-6-15)22(31)36-12-16-7-9-17(10-8-16)27(34)35/h2-10,14,18,20,28,33H,11-13H2,1H3/t14-,18-,20-,24-/m1/s1. The number of β-lactam (4-membered cyclic amide) rings is 1. The second-order valence-electron chi connectivity index (χ2n) is 8.69. The number of hydrogen-bond donors (Lipinski definition) is 2. The number of carbonyl (C=O) groups is 4. The third-order valence-corrected chi connectivity index (χ3v) is 6.41. The Bertz CT molecular complexity index is 1230. The Morgan fingerprint density at radius 3 is 2.30 bits per heavy atom. The quantitative estimate of drug-likeness (QED) is 0.131. The molecule has 4 rings (SSSR count). The SMILES string of the molecule is C[C@@H](O)[C@H]1C(=O)N2[C@@H]1CC(=O)[C@]2(C(=O)OCc1ccc([N+](=O)[O-])cc1)N(O)C(=O)OCc1ccccc1. The number of ketones is 1. The van der Waals surface area contributed by atoms with Crippen molar-refractivity contribution in [2.24, 2.45) is 5.92 Å². The first-order chi connectivity index (χ1) is 17.6. The highest BCUT2D eigenvalue weighted by molar-refractivity contribution is 6.16. The lowest BCUT2D eigenvalue weighted by Crippen LogP contribution is -2.76. The van der Waals surface area contributed by atoms with E-state index in [1.165, 1.54) is 31.2 Å². The molecular formula is C24H23N3O10. The van der Waals surface area contributed by atoms with Crippen molar-refractivity contribution in [3.63, 3.8) is 0 Å². The summed E-state index contributed by atoms with van der Waals surface area (Å²) in [5.41, 5.74) is -2.19. The molecule has 0 radical (unpaired) electrons. The van der Waals surface area contributed by atoms with E-state index in [9.17, 15) is 39.6 Å². The molecule has 2 N–H and O–H groups in total. The Kier molecular flexibility index (Phi) is 6.92.